The summed E-state index contributed by atoms with van der Waals surface area (Å²) in [7, 11) is 0. The van der Waals surface area contributed by atoms with Crippen LogP contribution in [0.3, 0.4) is 0 Å². The van der Waals surface area contributed by atoms with Gasteiger partial charge in [-0.2, -0.15) is 0 Å². The molecular weight excluding hydrogens is 267 g/mol. The monoisotopic (exact) mass is 292 g/mol. The molecule has 1 unspecified atom stereocenters. The second-order valence-electron chi connectivity index (χ2n) is 5.93. The molecule has 1 saturated heterocycles. The summed E-state index contributed by atoms with van der Waals surface area (Å²) in [5.74, 6) is 0.518. The number of nitrogens with two attached hydrogens (primary N) is 1. The maximum Gasteiger partial charge on any atom is 0.222 e. The van der Waals surface area contributed by atoms with Gasteiger partial charge in [-0.25, -0.2) is 4.39 Å². The third-order valence-electron chi connectivity index (χ3n) is 4.34. The van der Waals surface area contributed by atoms with E-state index in [4.69, 9.17) is 5.73 Å². The molecule has 1 fully saturated rings. The molecule has 0 radical (unpaired) electrons. The molecule has 1 aliphatic rings. The number of nitrogens with zero attached hydrogens (tertiary/aromatic N) is 1. The highest BCUT2D eigenvalue weighted by Crippen LogP contribution is 2.24. The number of rotatable bonds is 5. The van der Waals surface area contributed by atoms with Gasteiger partial charge in [-0.1, -0.05) is 31.9 Å². The molecule has 1 aliphatic heterocycles. The summed E-state index contributed by atoms with van der Waals surface area (Å²) in [6.45, 7) is 3.62. The van der Waals surface area contributed by atoms with Crippen molar-refractivity contribution in [3.63, 3.8) is 0 Å². The summed E-state index contributed by atoms with van der Waals surface area (Å²) in [5.41, 5.74) is 6.87. The van der Waals surface area contributed by atoms with Gasteiger partial charge in [0.05, 0.1) is 0 Å². The fourth-order valence-corrected chi connectivity index (χ4v) is 3.01. The lowest BCUT2D eigenvalue weighted by molar-refractivity contribution is -0.131. The van der Waals surface area contributed by atoms with Crippen LogP contribution in [-0.2, 0) is 17.9 Å². The smallest absolute Gasteiger partial charge is 0.222 e. The highest BCUT2D eigenvalue weighted by molar-refractivity contribution is 5.76. The van der Waals surface area contributed by atoms with Crippen molar-refractivity contribution >= 4 is 5.91 Å². The fourth-order valence-electron chi connectivity index (χ4n) is 3.01. The minimum Gasteiger partial charge on any atom is -0.338 e. The molecule has 1 heterocycles. The maximum atomic E-state index is 14.0. The predicted molar refractivity (Wildman–Crippen MR) is 82.0 cm³/mol. The van der Waals surface area contributed by atoms with Gasteiger partial charge in [-0.3, -0.25) is 4.79 Å². The van der Waals surface area contributed by atoms with Gasteiger partial charge in [0.2, 0.25) is 5.91 Å². The van der Waals surface area contributed by atoms with Crippen LogP contribution in [0.15, 0.2) is 18.2 Å². The van der Waals surface area contributed by atoms with E-state index < -0.39 is 0 Å². The normalized spacial score (nSPS) is 19.7. The quantitative estimate of drug-likeness (QED) is 0.905. The first-order valence-electron chi connectivity index (χ1n) is 7.89. The first-order valence-corrected chi connectivity index (χ1v) is 7.89. The van der Waals surface area contributed by atoms with Gasteiger partial charge in [-0.05, 0) is 30.4 Å². The van der Waals surface area contributed by atoms with E-state index in [1.807, 2.05) is 6.07 Å². The van der Waals surface area contributed by atoms with E-state index in [1.54, 1.807) is 11.0 Å². The van der Waals surface area contributed by atoms with Crippen molar-refractivity contribution in [3.05, 3.63) is 35.1 Å². The Morgan fingerprint density at radius 2 is 2.19 bits per heavy atom. The molecule has 1 amide bonds. The topological polar surface area (TPSA) is 46.3 Å². The molecule has 0 aliphatic carbocycles. The van der Waals surface area contributed by atoms with Crippen molar-refractivity contribution in [3.8, 4) is 0 Å². The van der Waals surface area contributed by atoms with Crippen molar-refractivity contribution in [2.45, 2.75) is 52.1 Å². The molecule has 3 nitrogen and oxygen atoms in total. The average molecular weight is 292 g/mol. The lowest BCUT2D eigenvalue weighted by Gasteiger charge is -2.21. The molecule has 116 valence electrons. The van der Waals surface area contributed by atoms with E-state index in [2.05, 4.69) is 6.92 Å². The molecule has 0 spiro atoms. The minimum atomic E-state index is -0.264. The van der Waals surface area contributed by atoms with Crippen molar-refractivity contribution < 1.29 is 9.18 Å². The number of halogens is 1. The summed E-state index contributed by atoms with van der Waals surface area (Å²) in [6.07, 6.45) is 4.93. The molecule has 1 atom stereocenters. The van der Waals surface area contributed by atoms with E-state index in [-0.39, 0.29) is 11.7 Å². The molecule has 4 heteroatoms. The van der Waals surface area contributed by atoms with Gasteiger partial charge in [0, 0.05) is 31.6 Å². The van der Waals surface area contributed by atoms with Gasteiger partial charge in [0.1, 0.15) is 5.82 Å². The van der Waals surface area contributed by atoms with Gasteiger partial charge in [0.25, 0.3) is 0 Å². The molecular formula is C17H25FN2O. The van der Waals surface area contributed by atoms with Crippen molar-refractivity contribution in [1.29, 1.82) is 0 Å². The third kappa shape index (κ3) is 4.27. The largest absolute Gasteiger partial charge is 0.338 e. The van der Waals surface area contributed by atoms with Gasteiger partial charge < -0.3 is 10.6 Å². The van der Waals surface area contributed by atoms with Crippen LogP contribution in [-0.4, -0.2) is 17.4 Å². The minimum absolute atomic E-state index is 0.149. The molecule has 2 N–H and O–H groups in total. The Kier molecular flexibility index (Phi) is 5.74. The van der Waals surface area contributed by atoms with E-state index in [0.717, 1.165) is 31.4 Å². The lowest BCUT2D eigenvalue weighted by atomic mass is 9.96. The number of hydrogen-bond donors (Lipinski definition) is 1. The lowest BCUT2D eigenvalue weighted by Crippen LogP contribution is -2.30. The average Bonchev–Trinajstić information content (AvgIpc) is 2.65. The highest BCUT2D eigenvalue weighted by Gasteiger charge is 2.22. The molecule has 1 aromatic carbocycles. The zero-order valence-electron chi connectivity index (χ0n) is 12.8. The molecule has 21 heavy (non-hydrogen) atoms. The summed E-state index contributed by atoms with van der Waals surface area (Å²) >= 11 is 0. The van der Waals surface area contributed by atoms with Crippen LogP contribution in [0.1, 0.15) is 50.2 Å². The Morgan fingerprint density at radius 1 is 1.38 bits per heavy atom. The van der Waals surface area contributed by atoms with Crippen molar-refractivity contribution in [2.75, 3.05) is 6.54 Å². The third-order valence-corrected chi connectivity index (χ3v) is 4.34. The van der Waals surface area contributed by atoms with Gasteiger partial charge >= 0.3 is 0 Å². The zero-order valence-corrected chi connectivity index (χ0v) is 12.8. The van der Waals surface area contributed by atoms with Gasteiger partial charge in [-0.15, -0.1) is 0 Å². The summed E-state index contributed by atoms with van der Waals surface area (Å²) < 4.78 is 14.0. The van der Waals surface area contributed by atoms with Crippen LogP contribution in [0.2, 0.25) is 0 Å². The fraction of sp³-hybridized carbons (Fsp3) is 0.588. The Labute approximate surface area is 126 Å². The van der Waals surface area contributed by atoms with E-state index in [9.17, 15) is 9.18 Å². The SMILES string of the molecule is CCCC1CCC(=O)N(Cc2ccc(CN)cc2F)CC1. The summed E-state index contributed by atoms with van der Waals surface area (Å²) in [5, 5.41) is 0. The molecule has 0 aromatic heterocycles. The number of hydrogen-bond acceptors (Lipinski definition) is 2. The summed E-state index contributed by atoms with van der Waals surface area (Å²) in [4.78, 5) is 14.0. The predicted octanol–water partition coefficient (Wildman–Crippen LogP) is 3.21. The Hall–Kier alpha value is -1.42. The van der Waals surface area contributed by atoms with Crippen LogP contribution in [0.25, 0.3) is 0 Å². The van der Waals surface area contributed by atoms with E-state index in [0.29, 0.717) is 31.0 Å². The summed E-state index contributed by atoms with van der Waals surface area (Å²) in [6, 6.07) is 5.05. The number of carbonyl (C=O) groups excluding carboxylic acids is 1. The Balaban J connectivity index is 2.03. The Bertz CT molecular complexity index is 490. The second-order valence-corrected chi connectivity index (χ2v) is 5.93. The van der Waals surface area contributed by atoms with Crippen LogP contribution in [0.5, 0.6) is 0 Å². The van der Waals surface area contributed by atoms with Crippen LogP contribution in [0.4, 0.5) is 4.39 Å². The highest BCUT2D eigenvalue weighted by atomic mass is 19.1. The maximum absolute atomic E-state index is 14.0. The van der Waals surface area contributed by atoms with Gasteiger partial charge in [0.15, 0.2) is 0 Å². The second kappa shape index (κ2) is 7.55. The number of carbonyl (C=O) groups is 1. The zero-order chi connectivity index (χ0) is 15.2. The van der Waals surface area contributed by atoms with E-state index in [1.165, 1.54) is 12.5 Å². The van der Waals surface area contributed by atoms with Crippen LogP contribution >= 0.6 is 0 Å². The number of benzene rings is 1. The molecule has 1 aromatic rings. The molecule has 2 rings (SSSR count). The Morgan fingerprint density at radius 3 is 2.86 bits per heavy atom. The van der Waals surface area contributed by atoms with Crippen LogP contribution in [0, 0.1) is 11.7 Å². The standard InChI is InChI=1S/C17H25FN2O/c1-2-3-13-5-7-17(21)20(9-8-13)12-15-6-4-14(11-19)10-16(15)18/h4,6,10,13H,2-3,5,7-9,11-12,19H2,1H3. The number of amides is 1. The van der Waals surface area contributed by atoms with Crippen LogP contribution < -0.4 is 5.73 Å². The van der Waals surface area contributed by atoms with Crippen molar-refractivity contribution in [2.24, 2.45) is 11.7 Å². The number of likely N-dealkylation sites (tertiary alicyclic amines) is 1. The van der Waals surface area contributed by atoms with E-state index >= 15 is 0 Å². The first-order chi connectivity index (χ1) is 10.1. The first kappa shape index (κ1) is 16.0. The molecule has 0 saturated carbocycles. The molecule has 0 bridgehead atoms. The van der Waals surface area contributed by atoms with Crippen molar-refractivity contribution in [1.82, 2.24) is 4.90 Å².